The Hall–Kier alpha value is -6.83. The van der Waals surface area contributed by atoms with Gasteiger partial charge in [0.2, 0.25) is 0 Å². The fourth-order valence-corrected chi connectivity index (χ4v) is 6.95. The molecule has 0 N–H and O–H groups in total. The molecule has 1 heterocycles. The molecule has 0 aliphatic carbocycles. The number of hydrogen-bond acceptors (Lipinski definition) is 7. The summed E-state index contributed by atoms with van der Waals surface area (Å²) in [5.41, 5.74) is 6.92. The highest BCUT2D eigenvalue weighted by atomic mass is 16.5. The van der Waals surface area contributed by atoms with Gasteiger partial charge in [-0.1, -0.05) is 158 Å². The summed E-state index contributed by atoms with van der Waals surface area (Å²) in [5, 5.41) is 0. The first kappa shape index (κ1) is 38.1. The Bertz CT molecular complexity index is 2370. The predicted octanol–water partition coefficient (Wildman–Crippen LogP) is 11.1. The van der Waals surface area contributed by atoms with Crippen LogP contribution in [-0.4, -0.2) is 12.4 Å². The number of aldehydes is 1. The van der Waals surface area contributed by atoms with E-state index in [9.17, 15) is 4.79 Å². The van der Waals surface area contributed by atoms with Crippen molar-refractivity contribution in [1.29, 1.82) is 0 Å². The Kier molecular flexibility index (Phi) is 12.4. The Morgan fingerprint density at radius 1 is 0.466 bits per heavy atom. The van der Waals surface area contributed by atoms with Crippen molar-refractivity contribution in [3.63, 3.8) is 0 Å². The second kappa shape index (κ2) is 18.9. The number of hydrogen-bond donors (Lipinski definition) is 0. The number of carbonyl (C=O) groups excluding carboxylic acids is 1. The molecule has 7 heteroatoms. The average Bonchev–Trinajstić information content (AvgIpc) is 3.29. The molecular weight excluding hydrogens is 725 g/mol. The van der Waals surface area contributed by atoms with Crippen molar-refractivity contribution in [1.82, 2.24) is 0 Å². The van der Waals surface area contributed by atoms with Crippen molar-refractivity contribution in [3.8, 4) is 28.7 Å². The molecule has 7 aromatic carbocycles. The van der Waals surface area contributed by atoms with Crippen molar-refractivity contribution in [2.75, 3.05) is 0 Å². The Morgan fingerprint density at radius 2 is 0.897 bits per heavy atom. The van der Waals surface area contributed by atoms with Gasteiger partial charge in [-0.25, -0.2) is 0 Å². The third-order valence-corrected chi connectivity index (χ3v) is 10.0. The first-order valence-electron chi connectivity index (χ1n) is 19.5. The first-order chi connectivity index (χ1) is 28.7. The van der Waals surface area contributed by atoms with Crippen LogP contribution in [0.1, 0.15) is 55.4 Å². The lowest BCUT2D eigenvalue weighted by Gasteiger charge is -2.36. The van der Waals surface area contributed by atoms with E-state index in [1.165, 1.54) is 0 Å². The highest BCUT2D eigenvalue weighted by Crippen LogP contribution is 2.47. The summed E-state index contributed by atoms with van der Waals surface area (Å²) in [7, 11) is 0. The summed E-state index contributed by atoms with van der Waals surface area (Å²) in [5.74, 6) is 2.51. The van der Waals surface area contributed by atoms with Gasteiger partial charge in [0.25, 0.3) is 0 Å². The fraction of sp³-hybridized carbons (Fsp3) is 0.157. The van der Waals surface area contributed by atoms with Crippen molar-refractivity contribution in [3.05, 3.63) is 220 Å². The van der Waals surface area contributed by atoms with Crippen LogP contribution in [0.3, 0.4) is 0 Å². The maximum Gasteiger partial charge on any atom is 0.162 e. The van der Waals surface area contributed by atoms with Crippen LogP contribution in [0.4, 0.5) is 0 Å². The summed E-state index contributed by atoms with van der Waals surface area (Å²) in [6.45, 7) is 1.65. The zero-order chi connectivity index (χ0) is 39.4. The van der Waals surface area contributed by atoms with Gasteiger partial charge >= 0.3 is 0 Å². The van der Waals surface area contributed by atoms with Gasteiger partial charge in [0.15, 0.2) is 23.9 Å². The molecule has 0 unspecified atom stereocenters. The second-order valence-electron chi connectivity index (χ2n) is 14.1. The van der Waals surface area contributed by atoms with E-state index < -0.39 is 12.2 Å². The average molecular weight is 769 g/mol. The summed E-state index contributed by atoms with van der Waals surface area (Å²) >= 11 is 0. The van der Waals surface area contributed by atoms with Gasteiger partial charge in [0.05, 0.1) is 12.2 Å². The van der Waals surface area contributed by atoms with Crippen LogP contribution in [0.15, 0.2) is 176 Å². The van der Waals surface area contributed by atoms with E-state index in [1.54, 1.807) is 6.07 Å². The molecule has 0 radical (unpaired) electrons. The molecule has 8 rings (SSSR count). The summed E-state index contributed by atoms with van der Waals surface area (Å²) < 4.78 is 39.5. The molecule has 1 aliphatic heterocycles. The van der Waals surface area contributed by atoms with Crippen LogP contribution in [-0.2, 0) is 44.2 Å². The standard InChI is InChI=1S/C51H44O7/c52-31-44-47(55-34-39-20-10-3-11-21-39)30-46(54-33-38-18-8-2-9-19-38)43-29-49(57-36-41-24-14-5-15-25-41)50(58-51(43)44)42-26-27-45(53-32-37-16-6-1-7-17-37)48(28-42)56-35-40-22-12-4-13-23-40/h1-28,30-31,49-50H,29,32-36H2/t49-,50+/m0/s1. The Morgan fingerprint density at radius 3 is 1.38 bits per heavy atom. The van der Waals surface area contributed by atoms with Crippen LogP contribution >= 0.6 is 0 Å². The number of carbonyl (C=O) groups is 1. The zero-order valence-electron chi connectivity index (χ0n) is 32.1. The van der Waals surface area contributed by atoms with Gasteiger partial charge in [0, 0.05) is 18.1 Å². The molecule has 0 saturated heterocycles. The number of rotatable bonds is 17. The lowest BCUT2D eigenvalue weighted by molar-refractivity contribution is -0.0470. The molecule has 58 heavy (non-hydrogen) atoms. The molecule has 7 nitrogen and oxygen atoms in total. The molecule has 1 aliphatic rings. The molecule has 0 bridgehead atoms. The van der Waals surface area contributed by atoms with Crippen LogP contribution < -0.4 is 23.7 Å². The highest BCUT2D eigenvalue weighted by molar-refractivity contribution is 5.86. The molecule has 0 saturated carbocycles. The maximum absolute atomic E-state index is 13.1. The smallest absolute Gasteiger partial charge is 0.162 e. The van der Waals surface area contributed by atoms with Gasteiger partial charge in [-0.15, -0.1) is 0 Å². The van der Waals surface area contributed by atoms with Gasteiger partial charge in [-0.3, -0.25) is 4.79 Å². The van der Waals surface area contributed by atoms with Crippen molar-refractivity contribution in [2.45, 2.75) is 51.7 Å². The van der Waals surface area contributed by atoms with E-state index in [1.807, 2.05) is 170 Å². The summed E-state index contributed by atoms with van der Waals surface area (Å²) in [6, 6.07) is 57.6. The zero-order valence-corrected chi connectivity index (χ0v) is 32.1. The number of benzene rings is 7. The third kappa shape index (κ3) is 9.57. The number of ether oxygens (including phenoxy) is 6. The molecular formula is C51H44O7. The summed E-state index contributed by atoms with van der Waals surface area (Å²) in [4.78, 5) is 13.1. The molecule has 0 spiro atoms. The molecule has 290 valence electrons. The van der Waals surface area contributed by atoms with Gasteiger partial charge in [0.1, 0.15) is 49.8 Å². The molecule has 7 aromatic rings. The largest absolute Gasteiger partial charge is 0.488 e. The van der Waals surface area contributed by atoms with Gasteiger partial charge in [-0.05, 0) is 45.5 Å². The first-order valence-corrected chi connectivity index (χ1v) is 19.5. The number of fused-ring (bicyclic) bond motifs is 1. The van der Waals surface area contributed by atoms with Crippen molar-refractivity contribution in [2.24, 2.45) is 0 Å². The molecule has 2 atom stereocenters. The van der Waals surface area contributed by atoms with E-state index in [2.05, 4.69) is 0 Å². The minimum atomic E-state index is -0.636. The lowest BCUT2D eigenvalue weighted by atomic mass is 9.91. The fourth-order valence-electron chi connectivity index (χ4n) is 6.95. The second-order valence-corrected chi connectivity index (χ2v) is 14.1. The summed E-state index contributed by atoms with van der Waals surface area (Å²) in [6.07, 6.45) is 0.101. The van der Waals surface area contributed by atoms with E-state index in [-0.39, 0.29) is 6.61 Å². The van der Waals surface area contributed by atoms with Crippen LogP contribution in [0.25, 0.3) is 0 Å². The Balaban J connectivity index is 1.18. The Labute approximate surface area is 339 Å². The van der Waals surface area contributed by atoms with E-state index in [0.29, 0.717) is 67.2 Å². The molecule has 0 fully saturated rings. The highest BCUT2D eigenvalue weighted by Gasteiger charge is 2.37. The minimum Gasteiger partial charge on any atom is -0.488 e. The van der Waals surface area contributed by atoms with Crippen molar-refractivity contribution < 1.29 is 33.2 Å². The van der Waals surface area contributed by atoms with Crippen LogP contribution in [0.2, 0.25) is 0 Å². The van der Waals surface area contributed by atoms with E-state index in [4.69, 9.17) is 28.4 Å². The van der Waals surface area contributed by atoms with Crippen LogP contribution in [0, 0.1) is 0 Å². The topological polar surface area (TPSA) is 72.5 Å². The normalized spacial score (nSPS) is 14.4. The van der Waals surface area contributed by atoms with Gasteiger partial charge < -0.3 is 28.4 Å². The predicted molar refractivity (Wildman–Crippen MR) is 223 cm³/mol. The molecule has 0 aromatic heterocycles. The SMILES string of the molecule is O=Cc1c(OCc2ccccc2)cc(OCc2ccccc2)c2c1O[C@H](c1ccc(OCc3ccccc3)c(OCc3ccccc3)c1)[C@@H](OCc1ccccc1)C2. The third-order valence-electron chi connectivity index (χ3n) is 10.0. The molecule has 0 amide bonds. The van der Waals surface area contributed by atoms with Crippen molar-refractivity contribution >= 4 is 6.29 Å². The van der Waals surface area contributed by atoms with Crippen LogP contribution in [0.5, 0.6) is 28.7 Å². The van der Waals surface area contributed by atoms with E-state index >= 15 is 0 Å². The van der Waals surface area contributed by atoms with Gasteiger partial charge in [-0.2, -0.15) is 0 Å². The minimum absolute atomic E-state index is 0.261. The quantitative estimate of drug-likeness (QED) is 0.0854. The monoisotopic (exact) mass is 768 g/mol. The van der Waals surface area contributed by atoms with E-state index in [0.717, 1.165) is 45.2 Å². The lowest BCUT2D eigenvalue weighted by Crippen LogP contribution is -2.34. The maximum atomic E-state index is 13.1.